The van der Waals surface area contributed by atoms with E-state index in [0.29, 0.717) is 0 Å². The summed E-state index contributed by atoms with van der Waals surface area (Å²) in [5, 5.41) is 0. The fraction of sp³-hybridized carbons (Fsp3) is 0.0952. The molecule has 10 aromatic rings. The lowest BCUT2D eigenvalue weighted by Crippen LogP contribution is -2.11. The van der Waals surface area contributed by atoms with Crippen molar-refractivity contribution in [3.8, 4) is 101 Å². The highest BCUT2D eigenvalue weighted by molar-refractivity contribution is 9.10. The van der Waals surface area contributed by atoms with E-state index in [1.807, 2.05) is 42.9 Å². The Morgan fingerprint density at radius 3 is 1.10 bits per heavy atom. The van der Waals surface area contributed by atoms with Gasteiger partial charge in [0.05, 0.1) is 17.1 Å². The second-order valence-electron chi connectivity index (χ2n) is 18.3. The van der Waals surface area contributed by atoms with Gasteiger partial charge in [0.1, 0.15) is 0 Å². The average Bonchev–Trinajstić information content (AvgIpc) is 3.36. The lowest BCUT2D eigenvalue weighted by Gasteiger charge is -2.20. The maximum absolute atomic E-state index is 4.79. The molecule has 0 radical (unpaired) electrons. The molecular formula is C63H50BrN3. The second kappa shape index (κ2) is 18.4. The van der Waals surface area contributed by atoms with E-state index < -0.39 is 0 Å². The zero-order valence-corrected chi connectivity index (χ0v) is 40.0. The Morgan fingerprint density at radius 2 is 0.701 bits per heavy atom. The van der Waals surface area contributed by atoms with Crippen LogP contribution in [0.1, 0.15) is 37.5 Å². The molecule has 0 N–H and O–H groups in total. The van der Waals surface area contributed by atoms with Gasteiger partial charge in [-0.1, -0.05) is 158 Å². The first kappa shape index (κ1) is 43.4. The molecule has 3 nitrogen and oxygen atoms in total. The van der Waals surface area contributed by atoms with Gasteiger partial charge in [-0.25, -0.2) is 0 Å². The van der Waals surface area contributed by atoms with E-state index >= 15 is 0 Å². The van der Waals surface area contributed by atoms with Crippen molar-refractivity contribution in [3.63, 3.8) is 0 Å². The van der Waals surface area contributed by atoms with Gasteiger partial charge >= 0.3 is 0 Å². The lowest BCUT2D eigenvalue weighted by molar-refractivity contribution is 0.589. The topological polar surface area (TPSA) is 38.7 Å². The molecule has 10 rings (SSSR count). The zero-order valence-electron chi connectivity index (χ0n) is 38.4. The molecule has 0 saturated carbocycles. The lowest BCUT2D eigenvalue weighted by atomic mass is 9.85. The molecule has 0 unspecified atom stereocenters. The Hall–Kier alpha value is -7.53. The first-order chi connectivity index (χ1) is 32.6. The van der Waals surface area contributed by atoms with Crippen LogP contribution >= 0.6 is 15.9 Å². The fourth-order valence-electron chi connectivity index (χ4n) is 9.27. The van der Waals surface area contributed by atoms with Crippen LogP contribution in [-0.2, 0) is 5.41 Å². The van der Waals surface area contributed by atoms with Crippen molar-refractivity contribution >= 4 is 15.9 Å². The number of aromatic nitrogens is 3. The third kappa shape index (κ3) is 8.93. The standard InChI is InChI=1S/C63H50BrN3/c1-41-34-43(60-22-12-14-31-65-60)24-27-50(41)55-19-9-6-16-52(55)46-36-47(53-17-7-10-20-56(53)51-28-25-44(35-42(51)2)61-23-13-15-32-66-61)38-48(37-46)54-18-8-11-21-57(54)58-29-26-45(39-59(58)64)62-40-49(30-33-67-62)63(3,4)5/h6-40H,1-5H3. The van der Waals surface area contributed by atoms with Gasteiger partial charge in [-0.05, 0) is 176 Å². The predicted molar refractivity (Wildman–Crippen MR) is 285 cm³/mol. The molecule has 0 amide bonds. The number of pyridine rings is 3. The third-order valence-electron chi connectivity index (χ3n) is 12.8. The van der Waals surface area contributed by atoms with Crippen LogP contribution in [-0.4, -0.2) is 15.0 Å². The van der Waals surface area contributed by atoms with Gasteiger partial charge in [-0.3, -0.25) is 15.0 Å². The van der Waals surface area contributed by atoms with Gasteiger partial charge in [0, 0.05) is 39.8 Å². The molecule has 0 spiro atoms. The van der Waals surface area contributed by atoms with Crippen molar-refractivity contribution in [1.29, 1.82) is 0 Å². The zero-order chi connectivity index (χ0) is 46.1. The Kier molecular flexibility index (Phi) is 11.9. The highest BCUT2D eigenvalue weighted by Gasteiger charge is 2.20. The Bertz CT molecular complexity index is 3270. The summed E-state index contributed by atoms with van der Waals surface area (Å²) in [5.41, 5.74) is 23.8. The highest BCUT2D eigenvalue weighted by atomic mass is 79.9. The summed E-state index contributed by atoms with van der Waals surface area (Å²) in [6.45, 7) is 11.1. The number of hydrogen-bond acceptors (Lipinski definition) is 3. The average molecular weight is 929 g/mol. The molecule has 0 aliphatic heterocycles. The van der Waals surface area contributed by atoms with Gasteiger partial charge < -0.3 is 0 Å². The van der Waals surface area contributed by atoms with Crippen LogP contribution in [0.3, 0.4) is 0 Å². The monoisotopic (exact) mass is 927 g/mol. The van der Waals surface area contributed by atoms with Crippen LogP contribution in [0.5, 0.6) is 0 Å². The Labute approximate surface area is 403 Å². The molecule has 324 valence electrons. The van der Waals surface area contributed by atoms with Crippen molar-refractivity contribution in [2.24, 2.45) is 0 Å². The number of nitrogens with zero attached hydrogens (tertiary/aromatic N) is 3. The molecule has 7 aromatic carbocycles. The molecule has 0 atom stereocenters. The van der Waals surface area contributed by atoms with E-state index in [1.54, 1.807) is 0 Å². The highest BCUT2D eigenvalue weighted by Crippen LogP contribution is 2.45. The van der Waals surface area contributed by atoms with Gasteiger partial charge in [-0.2, -0.15) is 0 Å². The third-order valence-corrected chi connectivity index (χ3v) is 13.4. The van der Waals surface area contributed by atoms with Crippen molar-refractivity contribution in [2.45, 2.75) is 40.0 Å². The summed E-state index contributed by atoms with van der Waals surface area (Å²) in [6.07, 6.45) is 5.63. The first-order valence-corrected chi connectivity index (χ1v) is 23.6. The maximum atomic E-state index is 4.79. The van der Waals surface area contributed by atoms with Crippen LogP contribution in [0.25, 0.3) is 101 Å². The van der Waals surface area contributed by atoms with E-state index in [0.717, 1.165) is 71.6 Å². The minimum absolute atomic E-state index is 0.0231. The molecule has 4 heteroatoms. The van der Waals surface area contributed by atoms with Gasteiger partial charge in [0.25, 0.3) is 0 Å². The largest absolute Gasteiger partial charge is 0.256 e. The summed E-state index contributed by atoms with van der Waals surface area (Å²) < 4.78 is 1.02. The Balaban J connectivity index is 1.14. The van der Waals surface area contributed by atoms with E-state index in [1.165, 1.54) is 50.1 Å². The molecule has 0 aliphatic carbocycles. The van der Waals surface area contributed by atoms with Gasteiger partial charge in [0.15, 0.2) is 0 Å². The minimum Gasteiger partial charge on any atom is -0.256 e. The van der Waals surface area contributed by atoms with Gasteiger partial charge in [-0.15, -0.1) is 0 Å². The molecular weight excluding hydrogens is 879 g/mol. The van der Waals surface area contributed by atoms with Crippen LogP contribution in [0.15, 0.2) is 217 Å². The summed E-state index contributed by atoms with van der Waals surface area (Å²) >= 11 is 4.04. The molecule has 3 heterocycles. The molecule has 0 saturated heterocycles. The quantitative estimate of drug-likeness (QED) is 0.145. The van der Waals surface area contributed by atoms with E-state index in [9.17, 15) is 0 Å². The van der Waals surface area contributed by atoms with Gasteiger partial charge in [0.2, 0.25) is 0 Å². The molecule has 3 aromatic heterocycles. The normalized spacial score (nSPS) is 11.4. The number of halogens is 1. The molecule has 67 heavy (non-hydrogen) atoms. The molecule has 0 fully saturated rings. The van der Waals surface area contributed by atoms with E-state index in [4.69, 9.17) is 4.98 Å². The van der Waals surface area contributed by atoms with Crippen LogP contribution in [0, 0.1) is 13.8 Å². The smallest absolute Gasteiger partial charge is 0.0705 e. The fourth-order valence-corrected chi connectivity index (χ4v) is 9.86. The molecule has 0 aliphatic rings. The van der Waals surface area contributed by atoms with Crippen molar-refractivity contribution in [2.75, 3.05) is 0 Å². The van der Waals surface area contributed by atoms with Crippen LogP contribution < -0.4 is 0 Å². The van der Waals surface area contributed by atoms with Crippen molar-refractivity contribution in [3.05, 3.63) is 234 Å². The second-order valence-corrected chi connectivity index (χ2v) is 19.2. The Morgan fingerprint density at radius 1 is 0.313 bits per heavy atom. The van der Waals surface area contributed by atoms with Crippen LogP contribution in [0.4, 0.5) is 0 Å². The summed E-state index contributed by atoms with van der Waals surface area (Å²) in [6, 6.07) is 70.0. The summed E-state index contributed by atoms with van der Waals surface area (Å²) in [5.74, 6) is 0. The molecule has 0 bridgehead atoms. The van der Waals surface area contributed by atoms with Crippen molar-refractivity contribution < 1.29 is 0 Å². The van der Waals surface area contributed by atoms with Crippen LogP contribution in [0.2, 0.25) is 0 Å². The predicted octanol–water partition coefficient (Wildman–Crippen LogP) is 17.6. The SMILES string of the molecule is Cc1cc(-c2ccccn2)ccc1-c1ccccc1-c1cc(-c2ccccc2-c2ccc(-c3ccccn3)cc2C)cc(-c2ccccc2-c2ccc(-c3cc(C(C)(C)C)ccn3)cc2Br)c1. The number of rotatable bonds is 9. The number of aryl methyl sites for hydroxylation is 2. The number of benzene rings is 7. The van der Waals surface area contributed by atoms with E-state index in [-0.39, 0.29) is 5.41 Å². The minimum atomic E-state index is 0.0231. The summed E-state index contributed by atoms with van der Waals surface area (Å²) in [4.78, 5) is 14.1. The maximum Gasteiger partial charge on any atom is 0.0705 e. The summed E-state index contributed by atoms with van der Waals surface area (Å²) in [7, 11) is 0. The first-order valence-electron chi connectivity index (χ1n) is 22.8. The van der Waals surface area contributed by atoms with E-state index in [2.05, 4.69) is 230 Å². The van der Waals surface area contributed by atoms with Crippen molar-refractivity contribution in [1.82, 2.24) is 15.0 Å². The number of hydrogen-bond donors (Lipinski definition) is 0.